The second-order valence-corrected chi connectivity index (χ2v) is 6.25. The number of methoxy groups -OCH3 is 1. The number of carbonyl (C=O) groups excluding carboxylic acids is 1. The molecule has 126 valence electrons. The van der Waals surface area contributed by atoms with E-state index in [2.05, 4.69) is 4.74 Å². The monoisotopic (exact) mass is 327 g/mol. The lowest BCUT2D eigenvalue weighted by molar-refractivity contribution is 0.0166. The first-order chi connectivity index (χ1) is 11.5. The van der Waals surface area contributed by atoms with Crippen LogP contribution in [0.1, 0.15) is 41.3 Å². The van der Waals surface area contributed by atoms with E-state index in [1.807, 2.05) is 25.1 Å². The molecule has 1 aliphatic heterocycles. The first-order valence-electron chi connectivity index (χ1n) is 8.04. The number of aromatic nitrogens is 1. The molecular weight excluding hydrogens is 306 g/mol. The Morgan fingerprint density at radius 2 is 2.04 bits per heavy atom. The number of carbonyl (C=O) groups is 1. The predicted octanol–water partition coefficient (Wildman–Crippen LogP) is 2.71. The summed E-state index contributed by atoms with van der Waals surface area (Å²) in [7, 11) is 1.35. The SMILES string of the molecule is COC(=O)c1ccc(Cn2ccc(C3(C)CCCO3)cc2=O)cc1. The van der Waals surface area contributed by atoms with Gasteiger partial charge in [0, 0.05) is 18.9 Å². The molecule has 0 spiro atoms. The molecule has 1 aromatic heterocycles. The number of ether oxygens (including phenoxy) is 2. The molecule has 1 atom stereocenters. The molecule has 0 amide bonds. The molecule has 1 aliphatic rings. The number of esters is 1. The summed E-state index contributed by atoms with van der Waals surface area (Å²) in [5.74, 6) is -0.368. The van der Waals surface area contributed by atoms with Crippen molar-refractivity contribution in [2.45, 2.75) is 31.9 Å². The first kappa shape index (κ1) is 16.5. The van der Waals surface area contributed by atoms with Gasteiger partial charge >= 0.3 is 5.97 Å². The van der Waals surface area contributed by atoms with Crippen LogP contribution in [0, 0.1) is 0 Å². The lowest BCUT2D eigenvalue weighted by atomic mass is 9.94. The van der Waals surface area contributed by atoms with Crippen molar-refractivity contribution >= 4 is 5.97 Å². The molecule has 1 fully saturated rings. The van der Waals surface area contributed by atoms with Gasteiger partial charge < -0.3 is 14.0 Å². The summed E-state index contributed by atoms with van der Waals surface area (Å²) < 4.78 is 12.1. The summed E-state index contributed by atoms with van der Waals surface area (Å²) in [4.78, 5) is 23.8. The number of rotatable bonds is 4. The third-order valence-electron chi connectivity index (χ3n) is 4.55. The van der Waals surface area contributed by atoms with Crippen molar-refractivity contribution in [1.29, 1.82) is 0 Å². The third-order valence-corrected chi connectivity index (χ3v) is 4.55. The molecule has 1 saturated heterocycles. The maximum Gasteiger partial charge on any atom is 0.337 e. The van der Waals surface area contributed by atoms with E-state index in [1.54, 1.807) is 29.0 Å². The Bertz CT molecular complexity index is 786. The van der Waals surface area contributed by atoms with Gasteiger partial charge in [-0.2, -0.15) is 0 Å². The highest BCUT2D eigenvalue weighted by Crippen LogP contribution is 2.34. The predicted molar refractivity (Wildman–Crippen MR) is 90.1 cm³/mol. The second kappa shape index (κ2) is 6.61. The smallest absolute Gasteiger partial charge is 0.337 e. The zero-order valence-corrected chi connectivity index (χ0v) is 14.0. The standard InChI is InChI=1S/C19H21NO4/c1-19(9-3-11-24-19)16-8-10-20(17(21)12-16)13-14-4-6-15(7-5-14)18(22)23-2/h4-8,10,12H,3,9,11,13H2,1-2H3. The van der Waals surface area contributed by atoms with E-state index in [-0.39, 0.29) is 17.1 Å². The van der Waals surface area contributed by atoms with E-state index in [1.165, 1.54) is 7.11 Å². The van der Waals surface area contributed by atoms with Gasteiger partial charge in [0.05, 0.1) is 24.8 Å². The fraction of sp³-hybridized carbons (Fsp3) is 0.368. The summed E-state index contributed by atoms with van der Waals surface area (Å²) in [5.41, 5.74) is 1.97. The van der Waals surface area contributed by atoms with Crippen LogP contribution in [-0.4, -0.2) is 24.3 Å². The fourth-order valence-corrected chi connectivity index (χ4v) is 3.03. The molecule has 1 aromatic carbocycles. The van der Waals surface area contributed by atoms with Gasteiger partial charge in [0.2, 0.25) is 0 Å². The molecule has 2 heterocycles. The highest BCUT2D eigenvalue weighted by atomic mass is 16.5. The number of hydrogen-bond donors (Lipinski definition) is 0. The van der Waals surface area contributed by atoms with Crippen LogP contribution in [0.2, 0.25) is 0 Å². The van der Waals surface area contributed by atoms with Crippen LogP contribution in [0.15, 0.2) is 47.4 Å². The summed E-state index contributed by atoms with van der Waals surface area (Å²) in [6.07, 6.45) is 3.76. The Kier molecular flexibility index (Phi) is 4.53. The van der Waals surface area contributed by atoms with Gasteiger partial charge in [0.1, 0.15) is 0 Å². The number of benzene rings is 1. The van der Waals surface area contributed by atoms with Gasteiger partial charge in [-0.1, -0.05) is 12.1 Å². The first-order valence-corrected chi connectivity index (χ1v) is 8.04. The fourth-order valence-electron chi connectivity index (χ4n) is 3.03. The number of hydrogen-bond acceptors (Lipinski definition) is 4. The lowest BCUT2D eigenvalue weighted by Gasteiger charge is -2.23. The largest absolute Gasteiger partial charge is 0.465 e. The summed E-state index contributed by atoms with van der Waals surface area (Å²) in [6.45, 7) is 3.23. The summed E-state index contributed by atoms with van der Waals surface area (Å²) >= 11 is 0. The molecule has 0 aliphatic carbocycles. The summed E-state index contributed by atoms with van der Waals surface area (Å²) in [5, 5.41) is 0. The molecule has 1 unspecified atom stereocenters. The Balaban J connectivity index is 1.78. The number of pyridine rings is 1. The molecule has 0 saturated carbocycles. The second-order valence-electron chi connectivity index (χ2n) is 6.25. The van der Waals surface area contributed by atoms with Crippen LogP contribution in [-0.2, 0) is 21.6 Å². The Morgan fingerprint density at radius 3 is 2.62 bits per heavy atom. The van der Waals surface area contributed by atoms with E-state index in [9.17, 15) is 9.59 Å². The minimum atomic E-state index is -0.368. The maximum absolute atomic E-state index is 12.4. The molecule has 5 heteroatoms. The Morgan fingerprint density at radius 1 is 1.29 bits per heavy atom. The van der Waals surface area contributed by atoms with Crippen molar-refractivity contribution in [3.8, 4) is 0 Å². The highest BCUT2D eigenvalue weighted by Gasteiger charge is 2.32. The van der Waals surface area contributed by atoms with Gasteiger partial charge in [-0.05, 0) is 49.1 Å². The van der Waals surface area contributed by atoms with Crippen LogP contribution < -0.4 is 5.56 Å². The van der Waals surface area contributed by atoms with Crippen molar-refractivity contribution in [3.05, 3.63) is 69.6 Å². The van der Waals surface area contributed by atoms with E-state index < -0.39 is 0 Å². The Hall–Kier alpha value is -2.40. The highest BCUT2D eigenvalue weighted by molar-refractivity contribution is 5.89. The van der Waals surface area contributed by atoms with Gasteiger partial charge in [0.25, 0.3) is 5.56 Å². The number of nitrogens with zero attached hydrogens (tertiary/aromatic N) is 1. The van der Waals surface area contributed by atoms with Crippen LogP contribution in [0.4, 0.5) is 0 Å². The molecule has 24 heavy (non-hydrogen) atoms. The Labute approximate surface area is 140 Å². The zero-order chi connectivity index (χ0) is 17.2. The topological polar surface area (TPSA) is 57.5 Å². The van der Waals surface area contributed by atoms with E-state index in [4.69, 9.17) is 4.74 Å². The lowest BCUT2D eigenvalue weighted by Crippen LogP contribution is -2.26. The van der Waals surface area contributed by atoms with Gasteiger partial charge in [0.15, 0.2) is 0 Å². The van der Waals surface area contributed by atoms with Crippen LogP contribution in [0.5, 0.6) is 0 Å². The van der Waals surface area contributed by atoms with Crippen molar-refractivity contribution in [2.75, 3.05) is 13.7 Å². The molecule has 0 radical (unpaired) electrons. The van der Waals surface area contributed by atoms with Crippen molar-refractivity contribution in [3.63, 3.8) is 0 Å². The van der Waals surface area contributed by atoms with Crippen molar-refractivity contribution in [1.82, 2.24) is 4.57 Å². The van der Waals surface area contributed by atoms with Crippen LogP contribution in [0.3, 0.4) is 0 Å². The van der Waals surface area contributed by atoms with E-state index in [0.717, 1.165) is 30.6 Å². The maximum atomic E-state index is 12.4. The average molecular weight is 327 g/mol. The van der Waals surface area contributed by atoms with Gasteiger partial charge in [-0.15, -0.1) is 0 Å². The molecule has 0 bridgehead atoms. The molecule has 0 N–H and O–H groups in total. The average Bonchev–Trinajstić information content (AvgIpc) is 3.04. The normalized spacial score (nSPS) is 20.1. The van der Waals surface area contributed by atoms with Gasteiger partial charge in [-0.3, -0.25) is 4.79 Å². The summed E-state index contributed by atoms with van der Waals surface area (Å²) in [6, 6.07) is 10.7. The molecule has 3 rings (SSSR count). The van der Waals surface area contributed by atoms with Crippen molar-refractivity contribution < 1.29 is 14.3 Å². The van der Waals surface area contributed by atoms with E-state index >= 15 is 0 Å². The molecule has 5 nitrogen and oxygen atoms in total. The quantitative estimate of drug-likeness (QED) is 0.810. The third kappa shape index (κ3) is 3.26. The van der Waals surface area contributed by atoms with Gasteiger partial charge in [-0.25, -0.2) is 4.79 Å². The minimum absolute atomic E-state index is 0.0544. The van der Waals surface area contributed by atoms with E-state index in [0.29, 0.717) is 12.1 Å². The van der Waals surface area contributed by atoms with Crippen LogP contribution >= 0.6 is 0 Å². The van der Waals surface area contributed by atoms with Crippen LogP contribution in [0.25, 0.3) is 0 Å². The zero-order valence-electron chi connectivity index (χ0n) is 14.0. The molecular formula is C19H21NO4. The van der Waals surface area contributed by atoms with Crippen molar-refractivity contribution in [2.24, 2.45) is 0 Å². The molecule has 2 aromatic rings. The minimum Gasteiger partial charge on any atom is -0.465 e.